The van der Waals surface area contributed by atoms with Gasteiger partial charge in [-0.1, -0.05) is 12.1 Å². The van der Waals surface area contributed by atoms with Crippen LogP contribution in [0.2, 0.25) is 0 Å². The average Bonchev–Trinajstić information content (AvgIpc) is 2.80. The minimum absolute atomic E-state index is 0.0781. The Kier molecular flexibility index (Phi) is 6.67. The van der Waals surface area contributed by atoms with E-state index < -0.39 is 17.4 Å². The topological polar surface area (TPSA) is 133 Å². The van der Waals surface area contributed by atoms with E-state index in [0.29, 0.717) is 31.8 Å². The zero-order chi connectivity index (χ0) is 24.4. The van der Waals surface area contributed by atoms with E-state index >= 15 is 0 Å². The van der Waals surface area contributed by atoms with Crippen LogP contribution in [0, 0.1) is 19.8 Å². The molecule has 0 aliphatic carbocycles. The third-order valence-corrected chi connectivity index (χ3v) is 6.25. The molecule has 2 unspecified atom stereocenters. The smallest absolute Gasteiger partial charge is 0.310 e. The second kappa shape index (κ2) is 9.66. The molecule has 3 heterocycles. The van der Waals surface area contributed by atoms with E-state index in [-0.39, 0.29) is 41.5 Å². The van der Waals surface area contributed by atoms with E-state index in [4.69, 9.17) is 4.74 Å². The Hall–Kier alpha value is -3.69. The van der Waals surface area contributed by atoms with Crippen molar-refractivity contribution in [3.8, 4) is 0 Å². The number of piperidine rings is 1. The van der Waals surface area contributed by atoms with Crippen LogP contribution in [0.1, 0.15) is 48.8 Å². The van der Waals surface area contributed by atoms with E-state index in [1.54, 1.807) is 11.8 Å². The molecule has 180 valence electrons. The van der Waals surface area contributed by atoms with Crippen molar-refractivity contribution in [2.75, 3.05) is 35.2 Å². The van der Waals surface area contributed by atoms with Crippen LogP contribution in [0.4, 0.5) is 17.5 Å². The van der Waals surface area contributed by atoms with Gasteiger partial charge in [0.25, 0.3) is 5.56 Å². The van der Waals surface area contributed by atoms with Gasteiger partial charge in [-0.25, -0.2) is 0 Å². The van der Waals surface area contributed by atoms with Crippen molar-refractivity contribution >= 4 is 35.2 Å². The van der Waals surface area contributed by atoms with Crippen molar-refractivity contribution in [1.29, 1.82) is 0 Å². The quantitative estimate of drug-likeness (QED) is 0.574. The lowest BCUT2D eigenvalue weighted by atomic mass is 9.92. The molecule has 1 fully saturated rings. The largest absolute Gasteiger partial charge is 0.466 e. The summed E-state index contributed by atoms with van der Waals surface area (Å²) in [6.45, 7) is 6.81. The summed E-state index contributed by atoms with van der Waals surface area (Å²) in [4.78, 5) is 59.8. The number of aryl methyl sites for hydroxylation is 2. The number of amides is 2. The van der Waals surface area contributed by atoms with Crippen molar-refractivity contribution in [2.45, 2.75) is 46.0 Å². The molecule has 1 aromatic carbocycles. The molecule has 4 rings (SSSR count). The number of carbonyl (C=O) groups excluding carboxylic acids is 3. The molecule has 0 radical (unpaired) electrons. The number of esters is 1. The summed E-state index contributed by atoms with van der Waals surface area (Å²) in [6, 6.07) is 5.69. The number of H-pyrrole nitrogens is 1. The lowest BCUT2D eigenvalue weighted by molar-refractivity contribution is -0.148. The van der Waals surface area contributed by atoms with Gasteiger partial charge in [0.15, 0.2) is 0 Å². The van der Waals surface area contributed by atoms with Crippen molar-refractivity contribution in [1.82, 2.24) is 9.97 Å². The van der Waals surface area contributed by atoms with Crippen LogP contribution in [0.3, 0.4) is 0 Å². The van der Waals surface area contributed by atoms with Crippen LogP contribution in [0.5, 0.6) is 0 Å². The molecule has 3 N–H and O–H groups in total. The molecule has 2 aliphatic heterocycles. The number of nitrogens with one attached hydrogen (secondary N) is 3. The summed E-state index contributed by atoms with van der Waals surface area (Å²) in [5.41, 5.74) is 2.14. The third-order valence-electron chi connectivity index (χ3n) is 6.25. The number of ether oxygens (including phenoxy) is 1. The number of fused-ring (bicyclic) bond motifs is 1. The molecule has 2 aliphatic rings. The maximum atomic E-state index is 13.1. The molecule has 0 spiro atoms. The molecule has 1 saturated heterocycles. The summed E-state index contributed by atoms with van der Waals surface area (Å²) < 4.78 is 5.14. The van der Waals surface area contributed by atoms with Gasteiger partial charge in [0.2, 0.25) is 17.8 Å². The van der Waals surface area contributed by atoms with Crippen LogP contribution >= 0.6 is 0 Å². The highest BCUT2D eigenvalue weighted by Crippen LogP contribution is 2.31. The summed E-state index contributed by atoms with van der Waals surface area (Å²) in [5, 5.41) is 5.49. The molecular formula is C24H29N5O5. The fourth-order valence-electron chi connectivity index (χ4n) is 4.45. The van der Waals surface area contributed by atoms with Crippen LogP contribution < -0.4 is 21.1 Å². The van der Waals surface area contributed by atoms with Gasteiger partial charge in [-0.3, -0.25) is 24.2 Å². The van der Waals surface area contributed by atoms with E-state index in [1.807, 2.05) is 32.0 Å². The highest BCUT2D eigenvalue weighted by atomic mass is 16.5. The van der Waals surface area contributed by atoms with E-state index in [1.165, 1.54) is 0 Å². The van der Waals surface area contributed by atoms with Crippen LogP contribution in [-0.2, 0) is 19.1 Å². The Morgan fingerprint density at radius 3 is 2.82 bits per heavy atom. The monoisotopic (exact) mass is 467 g/mol. The lowest BCUT2D eigenvalue weighted by Gasteiger charge is -2.32. The predicted octanol–water partition coefficient (Wildman–Crippen LogP) is 2.23. The number of hydrogen-bond donors (Lipinski definition) is 3. The molecule has 0 saturated carbocycles. The van der Waals surface area contributed by atoms with Crippen LogP contribution in [-0.4, -0.2) is 47.4 Å². The SMILES string of the molecule is CCOC(=O)C1CCCN(c2nc3c(c(=O)[nH]2)C(C(=O)Nc2cc(C)ccc2C)CC(=O)N3)C1. The first-order chi connectivity index (χ1) is 16.3. The second-order valence-electron chi connectivity index (χ2n) is 8.80. The summed E-state index contributed by atoms with van der Waals surface area (Å²) in [6.07, 6.45) is 1.28. The minimum atomic E-state index is -0.970. The fourth-order valence-corrected chi connectivity index (χ4v) is 4.45. The highest BCUT2D eigenvalue weighted by molar-refractivity contribution is 6.04. The van der Waals surface area contributed by atoms with Crippen LogP contribution in [0.25, 0.3) is 0 Å². The van der Waals surface area contributed by atoms with E-state index in [2.05, 4.69) is 20.6 Å². The molecule has 10 heteroatoms. The number of nitrogens with zero attached hydrogens (tertiary/aromatic N) is 2. The van der Waals surface area contributed by atoms with Gasteiger partial charge >= 0.3 is 5.97 Å². The highest BCUT2D eigenvalue weighted by Gasteiger charge is 2.36. The molecule has 0 bridgehead atoms. The number of benzene rings is 1. The molecule has 10 nitrogen and oxygen atoms in total. The van der Waals surface area contributed by atoms with E-state index in [9.17, 15) is 19.2 Å². The van der Waals surface area contributed by atoms with Crippen molar-refractivity contribution in [3.63, 3.8) is 0 Å². The minimum Gasteiger partial charge on any atom is -0.466 e. The number of anilines is 3. The maximum Gasteiger partial charge on any atom is 0.310 e. The molecular weight excluding hydrogens is 438 g/mol. The first kappa shape index (κ1) is 23.5. The Morgan fingerprint density at radius 2 is 2.06 bits per heavy atom. The first-order valence-corrected chi connectivity index (χ1v) is 11.5. The normalized spacial score (nSPS) is 19.7. The lowest BCUT2D eigenvalue weighted by Crippen LogP contribution is -2.42. The number of hydrogen-bond acceptors (Lipinski definition) is 7. The van der Waals surface area contributed by atoms with Crippen molar-refractivity contribution in [2.24, 2.45) is 5.92 Å². The Bertz CT molecular complexity index is 1190. The van der Waals surface area contributed by atoms with Gasteiger partial charge in [-0.15, -0.1) is 0 Å². The third kappa shape index (κ3) is 4.80. The zero-order valence-electron chi connectivity index (χ0n) is 19.6. The van der Waals surface area contributed by atoms with Gasteiger partial charge in [-0.2, -0.15) is 4.98 Å². The fraction of sp³-hybridized carbons (Fsp3) is 0.458. The summed E-state index contributed by atoms with van der Waals surface area (Å²) in [5.74, 6) is -2.05. The van der Waals surface area contributed by atoms with Gasteiger partial charge in [0, 0.05) is 25.2 Å². The summed E-state index contributed by atoms with van der Waals surface area (Å²) in [7, 11) is 0. The van der Waals surface area contributed by atoms with Gasteiger partial charge in [-0.05, 0) is 50.8 Å². The number of rotatable bonds is 5. The Morgan fingerprint density at radius 1 is 1.26 bits per heavy atom. The summed E-state index contributed by atoms with van der Waals surface area (Å²) >= 11 is 0. The second-order valence-corrected chi connectivity index (χ2v) is 8.80. The number of carbonyl (C=O) groups is 3. The Labute approximate surface area is 197 Å². The molecule has 2 atom stereocenters. The Balaban J connectivity index is 1.61. The number of aromatic amines is 1. The maximum absolute atomic E-state index is 13.1. The molecule has 2 aromatic rings. The van der Waals surface area contributed by atoms with Gasteiger partial charge < -0.3 is 20.3 Å². The first-order valence-electron chi connectivity index (χ1n) is 11.5. The van der Waals surface area contributed by atoms with E-state index in [0.717, 1.165) is 17.5 Å². The van der Waals surface area contributed by atoms with Gasteiger partial charge in [0.05, 0.1) is 24.0 Å². The van der Waals surface area contributed by atoms with Gasteiger partial charge in [0.1, 0.15) is 5.82 Å². The van der Waals surface area contributed by atoms with Crippen LogP contribution in [0.15, 0.2) is 23.0 Å². The standard InChI is InChI=1S/C24H29N5O5/c1-4-34-23(33)15-6-5-9-29(12-15)24-27-20-19(22(32)28-24)16(11-18(30)26-20)21(31)25-17-10-13(2)7-8-14(17)3/h7-8,10,15-16H,4-6,9,11-12H2,1-3H3,(H,25,31)(H2,26,27,28,30,32). The molecule has 34 heavy (non-hydrogen) atoms. The van der Waals surface area contributed by atoms with Crippen molar-refractivity contribution in [3.05, 3.63) is 45.2 Å². The molecule has 1 aromatic heterocycles. The number of aromatic nitrogens is 2. The zero-order valence-corrected chi connectivity index (χ0v) is 19.6. The predicted molar refractivity (Wildman–Crippen MR) is 127 cm³/mol. The average molecular weight is 468 g/mol. The van der Waals surface area contributed by atoms with Crippen molar-refractivity contribution < 1.29 is 19.1 Å². The molecule has 2 amide bonds.